The van der Waals surface area contributed by atoms with E-state index in [0.29, 0.717) is 30.2 Å². The Morgan fingerprint density at radius 2 is 1.92 bits per heavy atom. The number of carbonyl (C=O) groups is 2. The van der Waals surface area contributed by atoms with Gasteiger partial charge in [-0.15, -0.1) is 11.3 Å². The summed E-state index contributed by atoms with van der Waals surface area (Å²) >= 11 is 1.35. The number of carbonyl (C=O) groups excluding carboxylic acids is 2. The molecule has 1 amide bonds. The number of hydrogen-bond acceptors (Lipinski definition) is 5. The van der Waals surface area contributed by atoms with E-state index < -0.39 is 0 Å². The predicted octanol–water partition coefficient (Wildman–Crippen LogP) is 3.83. The molecular formula is C20H19NO4S. The average molecular weight is 369 g/mol. The molecule has 2 heterocycles. The summed E-state index contributed by atoms with van der Waals surface area (Å²) in [5, 5.41) is 2.88. The molecule has 3 aromatic rings. The monoisotopic (exact) mass is 369 g/mol. The molecule has 5 nitrogen and oxygen atoms in total. The van der Waals surface area contributed by atoms with Crippen LogP contribution in [0.1, 0.15) is 32.8 Å². The van der Waals surface area contributed by atoms with Crippen molar-refractivity contribution in [3.05, 3.63) is 75.9 Å². The van der Waals surface area contributed by atoms with Crippen LogP contribution in [0, 0.1) is 0 Å². The number of ether oxygens (including phenoxy) is 1. The second-order valence-electron chi connectivity index (χ2n) is 5.60. The van der Waals surface area contributed by atoms with E-state index in [1.54, 1.807) is 18.2 Å². The Hall–Kier alpha value is -2.86. The van der Waals surface area contributed by atoms with Crippen LogP contribution in [-0.2, 0) is 17.8 Å². The lowest BCUT2D eigenvalue weighted by Crippen LogP contribution is -2.24. The zero-order valence-electron chi connectivity index (χ0n) is 14.4. The Balaban J connectivity index is 1.51. The minimum atomic E-state index is -0.146. The van der Waals surface area contributed by atoms with E-state index in [9.17, 15) is 9.59 Å². The van der Waals surface area contributed by atoms with E-state index >= 15 is 0 Å². The van der Waals surface area contributed by atoms with Crippen LogP contribution in [0.5, 0.6) is 5.75 Å². The Labute approximate surface area is 155 Å². The Morgan fingerprint density at radius 3 is 2.62 bits per heavy atom. The smallest absolute Gasteiger partial charge is 0.238 e. The van der Waals surface area contributed by atoms with Crippen LogP contribution < -0.4 is 10.1 Å². The van der Waals surface area contributed by atoms with Crippen LogP contribution in [0.2, 0.25) is 0 Å². The second kappa shape index (κ2) is 8.49. The molecule has 1 aromatic carbocycles. The summed E-state index contributed by atoms with van der Waals surface area (Å²) < 4.78 is 10.5. The molecule has 0 radical (unpaired) electrons. The fraction of sp³-hybridized carbons (Fsp3) is 0.200. The van der Waals surface area contributed by atoms with E-state index in [-0.39, 0.29) is 11.7 Å². The first-order valence-corrected chi connectivity index (χ1v) is 9.12. The molecule has 134 valence electrons. The second-order valence-corrected chi connectivity index (χ2v) is 6.77. The number of ketones is 1. The molecule has 0 bridgehead atoms. The van der Waals surface area contributed by atoms with E-state index in [0.717, 1.165) is 16.2 Å². The van der Waals surface area contributed by atoms with Gasteiger partial charge in [-0.2, -0.15) is 0 Å². The minimum Gasteiger partial charge on any atom is -0.494 e. The van der Waals surface area contributed by atoms with Crippen molar-refractivity contribution in [1.82, 2.24) is 5.32 Å². The topological polar surface area (TPSA) is 68.5 Å². The van der Waals surface area contributed by atoms with Crippen molar-refractivity contribution in [2.24, 2.45) is 0 Å². The number of benzene rings is 1. The zero-order chi connectivity index (χ0) is 18.4. The third-order valence-corrected chi connectivity index (χ3v) is 4.77. The van der Waals surface area contributed by atoms with Gasteiger partial charge >= 0.3 is 0 Å². The van der Waals surface area contributed by atoms with E-state index in [2.05, 4.69) is 5.32 Å². The molecular weight excluding hydrogens is 350 g/mol. The summed E-state index contributed by atoms with van der Waals surface area (Å²) in [6.07, 6.45) is 1.78. The summed E-state index contributed by atoms with van der Waals surface area (Å²) in [4.78, 5) is 25.8. The van der Waals surface area contributed by atoms with Crippen LogP contribution in [0.3, 0.4) is 0 Å². The summed E-state index contributed by atoms with van der Waals surface area (Å²) in [6.45, 7) is 2.94. The molecule has 3 rings (SSSR count). The van der Waals surface area contributed by atoms with E-state index in [1.165, 1.54) is 17.6 Å². The molecule has 0 fully saturated rings. The first-order chi connectivity index (χ1) is 12.7. The summed E-state index contributed by atoms with van der Waals surface area (Å²) in [5.41, 5.74) is 0.922. The van der Waals surface area contributed by atoms with Gasteiger partial charge < -0.3 is 14.5 Å². The average Bonchev–Trinajstić information content (AvgIpc) is 3.33. The molecule has 0 saturated carbocycles. The lowest BCUT2D eigenvalue weighted by atomic mass is 10.1. The van der Waals surface area contributed by atoms with Crippen LogP contribution in [-0.4, -0.2) is 18.3 Å². The number of nitrogens with one attached hydrogen (secondary N) is 1. The van der Waals surface area contributed by atoms with Crippen molar-refractivity contribution < 1.29 is 18.7 Å². The van der Waals surface area contributed by atoms with Crippen molar-refractivity contribution in [2.75, 3.05) is 6.61 Å². The molecule has 0 unspecified atom stereocenters. The van der Waals surface area contributed by atoms with Crippen LogP contribution in [0.4, 0.5) is 0 Å². The van der Waals surface area contributed by atoms with Gasteiger partial charge in [-0.3, -0.25) is 9.59 Å². The Bertz CT molecular complexity index is 866. The van der Waals surface area contributed by atoms with Gasteiger partial charge in [0, 0.05) is 4.88 Å². The van der Waals surface area contributed by atoms with Gasteiger partial charge in [-0.05, 0) is 48.9 Å². The molecule has 6 heteroatoms. The van der Waals surface area contributed by atoms with Crippen molar-refractivity contribution in [2.45, 2.75) is 19.9 Å². The molecule has 26 heavy (non-hydrogen) atoms. The first-order valence-electron chi connectivity index (χ1n) is 8.31. The van der Waals surface area contributed by atoms with Gasteiger partial charge in [-0.1, -0.05) is 12.1 Å². The van der Waals surface area contributed by atoms with Crippen molar-refractivity contribution in [3.63, 3.8) is 0 Å². The quantitative estimate of drug-likeness (QED) is 0.613. The maximum Gasteiger partial charge on any atom is 0.238 e. The first kappa shape index (κ1) is 17.9. The highest BCUT2D eigenvalue weighted by atomic mass is 32.1. The van der Waals surface area contributed by atoms with Gasteiger partial charge in [-0.25, -0.2) is 0 Å². The molecule has 0 atom stereocenters. The highest BCUT2D eigenvalue weighted by Gasteiger charge is 2.14. The lowest BCUT2D eigenvalue weighted by Gasteiger charge is -2.06. The van der Waals surface area contributed by atoms with Crippen molar-refractivity contribution in [3.8, 4) is 5.75 Å². The number of hydrogen-bond donors (Lipinski definition) is 1. The maximum absolute atomic E-state index is 12.2. The summed E-state index contributed by atoms with van der Waals surface area (Å²) in [6, 6.07) is 14.4. The van der Waals surface area contributed by atoms with Crippen LogP contribution >= 0.6 is 11.3 Å². The Kier molecular flexibility index (Phi) is 5.86. The normalized spacial score (nSPS) is 10.5. The fourth-order valence-electron chi connectivity index (χ4n) is 2.43. The highest BCUT2D eigenvalue weighted by Crippen LogP contribution is 2.20. The van der Waals surface area contributed by atoms with Gasteiger partial charge in [0.1, 0.15) is 5.75 Å². The van der Waals surface area contributed by atoms with Crippen LogP contribution in [0.25, 0.3) is 0 Å². The SMILES string of the molecule is CCOc1ccc(CC(=O)NCc2ccc(C(=O)c3ccco3)s2)cc1. The number of thiophene rings is 1. The van der Waals surface area contributed by atoms with E-state index in [4.69, 9.17) is 9.15 Å². The standard InChI is InChI=1S/C20H19NO4S/c1-2-24-15-7-5-14(6-8-15)12-19(22)21-13-16-9-10-18(26-16)20(23)17-4-3-11-25-17/h3-11H,2,12-13H2,1H3,(H,21,22). The molecule has 0 aliphatic heterocycles. The number of amides is 1. The van der Waals surface area contributed by atoms with Gasteiger partial charge in [0.15, 0.2) is 5.76 Å². The lowest BCUT2D eigenvalue weighted by molar-refractivity contribution is -0.120. The molecule has 0 spiro atoms. The molecule has 0 saturated heterocycles. The van der Waals surface area contributed by atoms with Crippen molar-refractivity contribution >= 4 is 23.0 Å². The fourth-order valence-corrected chi connectivity index (χ4v) is 3.32. The molecule has 0 aliphatic carbocycles. The van der Waals surface area contributed by atoms with E-state index in [1.807, 2.05) is 37.3 Å². The van der Waals surface area contributed by atoms with Crippen LogP contribution in [0.15, 0.2) is 59.2 Å². The Morgan fingerprint density at radius 1 is 1.12 bits per heavy atom. The van der Waals surface area contributed by atoms with Gasteiger partial charge in [0.05, 0.1) is 30.7 Å². The largest absolute Gasteiger partial charge is 0.494 e. The summed E-state index contributed by atoms with van der Waals surface area (Å²) in [7, 11) is 0. The number of furan rings is 1. The minimum absolute atomic E-state index is 0.0681. The number of rotatable bonds is 8. The predicted molar refractivity (Wildman–Crippen MR) is 99.6 cm³/mol. The van der Waals surface area contributed by atoms with Gasteiger partial charge in [0.25, 0.3) is 0 Å². The third kappa shape index (κ3) is 4.61. The maximum atomic E-state index is 12.2. The summed E-state index contributed by atoms with van der Waals surface area (Å²) in [5.74, 6) is 0.898. The third-order valence-electron chi connectivity index (χ3n) is 3.69. The van der Waals surface area contributed by atoms with Gasteiger partial charge in [0.2, 0.25) is 11.7 Å². The highest BCUT2D eigenvalue weighted by molar-refractivity contribution is 7.14. The zero-order valence-corrected chi connectivity index (χ0v) is 15.2. The van der Waals surface area contributed by atoms with Crippen molar-refractivity contribution in [1.29, 1.82) is 0 Å². The molecule has 2 aromatic heterocycles. The molecule has 0 aliphatic rings. The molecule has 1 N–H and O–H groups in total.